The van der Waals surface area contributed by atoms with Crippen molar-refractivity contribution < 1.29 is 9.90 Å². The number of carboxylic acids is 1. The largest absolute Gasteiger partial charge is 0.480 e. The van der Waals surface area contributed by atoms with Crippen molar-refractivity contribution in [1.82, 2.24) is 15.1 Å². The van der Waals surface area contributed by atoms with Crippen molar-refractivity contribution >= 4 is 5.97 Å². The molecule has 0 spiro atoms. The van der Waals surface area contributed by atoms with Crippen LogP contribution in [0.2, 0.25) is 0 Å². The second-order valence-corrected chi connectivity index (χ2v) is 5.83. The van der Waals surface area contributed by atoms with Crippen molar-refractivity contribution in [2.24, 2.45) is 5.92 Å². The normalized spacial score (nSPS) is 18.8. The Morgan fingerprint density at radius 2 is 2.00 bits per heavy atom. The van der Waals surface area contributed by atoms with Crippen molar-refractivity contribution in [3.05, 3.63) is 0 Å². The van der Waals surface area contributed by atoms with Crippen molar-refractivity contribution in [1.29, 1.82) is 0 Å². The number of carbonyl (C=O) groups is 1. The molecule has 0 aromatic carbocycles. The van der Waals surface area contributed by atoms with Gasteiger partial charge in [0.05, 0.1) is 0 Å². The lowest BCUT2D eigenvalue weighted by atomic mass is 9.92. The molecule has 0 aromatic rings. The van der Waals surface area contributed by atoms with Crippen LogP contribution in [0, 0.1) is 5.92 Å². The highest BCUT2D eigenvalue weighted by Crippen LogP contribution is 2.40. The molecule has 0 radical (unpaired) electrons. The summed E-state index contributed by atoms with van der Waals surface area (Å²) in [4.78, 5) is 16.1. The van der Waals surface area contributed by atoms with E-state index >= 15 is 0 Å². The Balaban J connectivity index is 2.57. The highest BCUT2D eigenvalue weighted by Gasteiger charge is 2.50. The lowest BCUT2D eigenvalue weighted by Crippen LogP contribution is -2.59. The standard InChI is InChI=1S/C14H29N3O2/c1-5-17(10-6-9-16(3)4)11-14(15-2,13(18)19)12-7-8-12/h12,15H,5-11H2,1-4H3,(H,18,19). The summed E-state index contributed by atoms with van der Waals surface area (Å²) >= 11 is 0. The molecule has 0 aliphatic heterocycles. The van der Waals surface area contributed by atoms with Crippen LogP contribution >= 0.6 is 0 Å². The first-order chi connectivity index (χ1) is 8.96. The van der Waals surface area contributed by atoms with Crippen LogP contribution in [0.25, 0.3) is 0 Å². The van der Waals surface area contributed by atoms with Crippen LogP contribution in [0.5, 0.6) is 0 Å². The Labute approximate surface area is 117 Å². The Morgan fingerprint density at radius 1 is 1.37 bits per heavy atom. The van der Waals surface area contributed by atoms with E-state index in [4.69, 9.17) is 0 Å². The van der Waals surface area contributed by atoms with Crippen LogP contribution < -0.4 is 5.32 Å². The third-order valence-electron chi connectivity index (χ3n) is 4.10. The number of likely N-dealkylation sites (N-methyl/N-ethyl adjacent to an activating group) is 2. The van der Waals surface area contributed by atoms with Crippen LogP contribution in [0.1, 0.15) is 26.2 Å². The first kappa shape index (κ1) is 16.4. The molecule has 112 valence electrons. The van der Waals surface area contributed by atoms with Gasteiger partial charge in [0, 0.05) is 6.54 Å². The molecule has 1 atom stereocenters. The molecule has 19 heavy (non-hydrogen) atoms. The van der Waals surface area contributed by atoms with Gasteiger partial charge < -0.3 is 20.2 Å². The number of hydrogen-bond acceptors (Lipinski definition) is 4. The Kier molecular flexibility index (Phi) is 6.23. The van der Waals surface area contributed by atoms with E-state index in [1.807, 2.05) is 0 Å². The van der Waals surface area contributed by atoms with Gasteiger partial charge in [-0.05, 0) is 66.0 Å². The van der Waals surface area contributed by atoms with E-state index in [-0.39, 0.29) is 5.92 Å². The quantitative estimate of drug-likeness (QED) is 0.613. The second kappa shape index (κ2) is 7.22. The molecule has 1 fully saturated rings. The van der Waals surface area contributed by atoms with Crippen molar-refractivity contribution in [3.63, 3.8) is 0 Å². The Bertz CT molecular complexity index is 292. The minimum absolute atomic E-state index is 0.290. The predicted octanol–water partition coefficient (Wildman–Crippen LogP) is 0.713. The smallest absolute Gasteiger partial charge is 0.325 e. The first-order valence-electron chi connectivity index (χ1n) is 7.25. The summed E-state index contributed by atoms with van der Waals surface area (Å²) in [6.45, 7) is 5.60. The van der Waals surface area contributed by atoms with Gasteiger partial charge in [-0.25, -0.2) is 0 Å². The van der Waals surface area contributed by atoms with E-state index in [2.05, 4.69) is 36.1 Å². The lowest BCUT2D eigenvalue weighted by molar-refractivity contribution is -0.146. The van der Waals surface area contributed by atoms with Gasteiger partial charge in [0.2, 0.25) is 0 Å². The number of nitrogens with zero attached hydrogens (tertiary/aromatic N) is 2. The summed E-state index contributed by atoms with van der Waals surface area (Å²) < 4.78 is 0. The van der Waals surface area contributed by atoms with Crippen LogP contribution in [-0.4, -0.2) is 73.7 Å². The van der Waals surface area contributed by atoms with Gasteiger partial charge in [-0.15, -0.1) is 0 Å². The third-order valence-corrected chi connectivity index (χ3v) is 4.10. The molecule has 1 unspecified atom stereocenters. The van der Waals surface area contributed by atoms with Crippen molar-refractivity contribution in [3.8, 4) is 0 Å². The fourth-order valence-electron chi connectivity index (χ4n) is 2.65. The van der Waals surface area contributed by atoms with Gasteiger partial charge >= 0.3 is 5.97 Å². The molecule has 5 nitrogen and oxygen atoms in total. The van der Waals surface area contributed by atoms with Gasteiger partial charge in [-0.2, -0.15) is 0 Å². The summed E-state index contributed by atoms with van der Waals surface area (Å²) in [6, 6.07) is 0. The number of aliphatic carboxylic acids is 1. The maximum Gasteiger partial charge on any atom is 0.325 e. The highest BCUT2D eigenvalue weighted by atomic mass is 16.4. The molecule has 0 aromatic heterocycles. The topological polar surface area (TPSA) is 55.8 Å². The molecular formula is C14H29N3O2. The molecule has 2 N–H and O–H groups in total. The van der Waals surface area contributed by atoms with Crippen LogP contribution in [0.4, 0.5) is 0 Å². The molecule has 1 saturated carbocycles. The fraction of sp³-hybridized carbons (Fsp3) is 0.929. The van der Waals surface area contributed by atoms with Gasteiger partial charge in [0.1, 0.15) is 5.54 Å². The molecule has 0 bridgehead atoms. The molecule has 1 rings (SSSR count). The van der Waals surface area contributed by atoms with E-state index in [1.54, 1.807) is 7.05 Å². The second-order valence-electron chi connectivity index (χ2n) is 5.83. The summed E-state index contributed by atoms with van der Waals surface area (Å²) in [5, 5.41) is 12.7. The third kappa shape index (κ3) is 4.44. The molecule has 5 heteroatoms. The Morgan fingerprint density at radius 3 is 2.37 bits per heavy atom. The maximum absolute atomic E-state index is 11.7. The average Bonchev–Trinajstić information content (AvgIpc) is 3.17. The van der Waals surface area contributed by atoms with E-state index in [0.717, 1.165) is 38.9 Å². The summed E-state index contributed by atoms with van der Waals surface area (Å²) in [6.07, 6.45) is 3.13. The first-order valence-corrected chi connectivity index (χ1v) is 7.25. The lowest BCUT2D eigenvalue weighted by Gasteiger charge is -2.35. The predicted molar refractivity (Wildman–Crippen MR) is 77.4 cm³/mol. The van der Waals surface area contributed by atoms with Gasteiger partial charge in [-0.3, -0.25) is 4.79 Å². The van der Waals surface area contributed by atoms with E-state index < -0.39 is 11.5 Å². The maximum atomic E-state index is 11.7. The molecule has 1 aliphatic rings. The molecular weight excluding hydrogens is 242 g/mol. The zero-order valence-corrected chi connectivity index (χ0v) is 12.8. The van der Waals surface area contributed by atoms with Gasteiger partial charge in [0.25, 0.3) is 0 Å². The highest BCUT2D eigenvalue weighted by molar-refractivity contribution is 5.80. The molecule has 1 aliphatic carbocycles. The van der Waals surface area contributed by atoms with Crippen molar-refractivity contribution in [2.45, 2.75) is 31.7 Å². The number of carboxylic acid groups (broad SMARTS) is 1. The van der Waals surface area contributed by atoms with Crippen LogP contribution in [0.3, 0.4) is 0 Å². The van der Waals surface area contributed by atoms with Crippen molar-refractivity contribution in [2.75, 3.05) is 47.3 Å². The van der Waals surface area contributed by atoms with Gasteiger partial charge in [0.15, 0.2) is 0 Å². The van der Waals surface area contributed by atoms with Crippen LogP contribution in [-0.2, 0) is 4.79 Å². The number of nitrogens with one attached hydrogen (secondary N) is 1. The minimum atomic E-state index is -0.756. The van der Waals surface area contributed by atoms with E-state index in [1.165, 1.54) is 0 Å². The summed E-state index contributed by atoms with van der Waals surface area (Å²) in [7, 11) is 5.91. The minimum Gasteiger partial charge on any atom is -0.480 e. The fourth-order valence-corrected chi connectivity index (χ4v) is 2.65. The van der Waals surface area contributed by atoms with Crippen LogP contribution in [0.15, 0.2) is 0 Å². The molecule has 0 saturated heterocycles. The van der Waals surface area contributed by atoms with E-state index in [9.17, 15) is 9.90 Å². The number of rotatable bonds is 10. The number of hydrogen-bond donors (Lipinski definition) is 2. The van der Waals surface area contributed by atoms with Gasteiger partial charge in [-0.1, -0.05) is 6.92 Å². The molecule has 0 amide bonds. The monoisotopic (exact) mass is 271 g/mol. The summed E-state index contributed by atoms with van der Waals surface area (Å²) in [5.74, 6) is -0.415. The average molecular weight is 271 g/mol. The zero-order valence-electron chi connectivity index (χ0n) is 12.8. The molecule has 0 heterocycles. The Hall–Kier alpha value is -0.650. The zero-order chi connectivity index (χ0) is 14.5. The van der Waals surface area contributed by atoms with E-state index in [0.29, 0.717) is 6.54 Å². The summed E-state index contributed by atoms with van der Waals surface area (Å²) in [5.41, 5.74) is -0.756. The SMILES string of the molecule is CCN(CCCN(C)C)CC(NC)(C(=O)O)C1CC1.